The Labute approximate surface area is 229 Å². The lowest BCUT2D eigenvalue weighted by atomic mass is 9.84. The van der Waals surface area contributed by atoms with Gasteiger partial charge in [-0.3, -0.25) is 4.79 Å². The van der Waals surface area contributed by atoms with Gasteiger partial charge in [0.05, 0.1) is 38.0 Å². The summed E-state index contributed by atoms with van der Waals surface area (Å²) in [5.41, 5.74) is 5.85. The first-order valence-corrected chi connectivity index (χ1v) is 13.8. The third-order valence-electron chi connectivity index (χ3n) is 6.71. The van der Waals surface area contributed by atoms with Crippen LogP contribution < -0.4 is 9.64 Å². The Kier molecular flexibility index (Phi) is 8.57. The number of benzene rings is 2. The number of methoxy groups -OCH3 is 1. The Morgan fingerprint density at radius 3 is 2.50 bits per heavy atom. The second-order valence-corrected chi connectivity index (χ2v) is 11.5. The van der Waals surface area contributed by atoms with E-state index in [-0.39, 0.29) is 17.0 Å². The van der Waals surface area contributed by atoms with E-state index < -0.39 is 0 Å². The van der Waals surface area contributed by atoms with Crippen molar-refractivity contribution in [3.05, 3.63) is 64.0 Å². The van der Waals surface area contributed by atoms with Crippen molar-refractivity contribution in [2.24, 2.45) is 5.10 Å². The lowest BCUT2D eigenvalue weighted by Gasteiger charge is -2.33. The molecule has 0 N–H and O–H groups in total. The highest BCUT2D eigenvalue weighted by atomic mass is 32.2. The summed E-state index contributed by atoms with van der Waals surface area (Å²) in [6, 6.07) is 10.1. The smallest absolute Gasteiger partial charge is 0.212 e. The van der Waals surface area contributed by atoms with Gasteiger partial charge in [-0.2, -0.15) is 9.78 Å². The fraction of sp³-hybridized carbons (Fsp3) is 0.448. The largest absolute Gasteiger partial charge is 0.494 e. The summed E-state index contributed by atoms with van der Waals surface area (Å²) in [5, 5.41) is 13.6. The van der Waals surface area contributed by atoms with E-state index in [9.17, 15) is 4.79 Å². The van der Waals surface area contributed by atoms with Crippen LogP contribution in [0.2, 0.25) is 0 Å². The number of carbonyl (C=O) groups is 1. The summed E-state index contributed by atoms with van der Waals surface area (Å²) in [6.07, 6.45) is 1.79. The lowest BCUT2D eigenvalue weighted by molar-refractivity contribution is 0.102. The van der Waals surface area contributed by atoms with Gasteiger partial charge in [0.15, 0.2) is 11.6 Å². The van der Waals surface area contributed by atoms with Crippen LogP contribution in [-0.2, 0) is 10.2 Å². The van der Waals surface area contributed by atoms with Gasteiger partial charge in [0.1, 0.15) is 5.75 Å². The topological polar surface area (TPSA) is 81.8 Å². The minimum Gasteiger partial charge on any atom is -0.494 e. The molecule has 0 bridgehead atoms. The summed E-state index contributed by atoms with van der Waals surface area (Å²) in [7, 11) is 1.69. The van der Waals surface area contributed by atoms with Crippen molar-refractivity contribution in [2.75, 3.05) is 44.1 Å². The number of ether oxygens (including phenoxy) is 2. The normalized spacial score (nSPS) is 14.3. The van der Waals surface area contributed by atoms with Crippen LogP contribution >= 0.6 is 11.8 Å². The summed E-state index contributed by atoms with van der Waals surface area (Å²) in [4.78, 5) is 15.7. The average molecular weight is 536 g/mol. The fourth-order valence-electron chi connectivity index (χ4n) is 4.33. The fourth-order valence-corrected chi connectivity index (χ4v) is 5.16. The number of ketones is 1. The van der Waals surface area contributed by atoms with Crippen molar-refractivity contribution in [2.45, 2.75) is 52.1 Å². The van der Waals surface area contributed by atoms with Gasteiger partial charge in [-0.25, -0.2) is 0 Å². The van der Waals surface area contributed by atoms with Gasteiger partial charge < -0.3 is 14.4 Å². The highest BCUT2D eigenvalue weighted by Crippen LogP contribution is 2.40. The van der Waals surface area contributed by atoms with Gasteiger partial charge in [-0.1, -0.05) is 50.7 Å². The maximum Gasteiger partial charge on any atom is 0.212 e. The van der Waals surface area contributed by atoms with Gasteiger partial charge >= 0.3 is 0 Å². The molecule has 0 unspecified atom stereocenters. The number of thioether (sulfide) groups is 1. The minimum absolute atomic E-state index is 0.0167. The molecule has 1 saturated heterocycles. The second-order valence-electron chi connectivity index (χ2n) is 10.6. The first-order valence-electron chi connectivity index (χ1n) is 12.8. The van der Waals surface area contributed by atoms with Crippen LogP contribution in [-0.4, -0.2) is 66.0 Å². The predicted molar refractivity (Wildman–Crippen MR) is 153 cm³/mol. The number of morpholine rings is 1. The van der Waals surface area contributed by atoms with E-state index in [4.69, 9.17) is 9.47 Å². The average Bonchev–Trinajstić information content (AvgIpc) is 3.26. The maximum atomic E-state index is 13.5. The van der Waals surface area contributed by atoms with Crippen LogP contribution in [0.4, 0.5) is 5.69 Å². The van der Waals surface area contributed by atoms with Crippen molar-refractivity contribution in [3.63, 3.8) is 0 Å². The quantitative estimate of drug-likeness (QED) is 0.223. The van der Waals surface area contributed by atoms with E-state index in [2.05, 4.69) is 67.0 Å². The van der Waals surface area contributed by atoms with E-state index in [0.29, 0.717) is 29.8 Å². The van der Waals surface area contributed by atoms with Crippen LogP contribution in [0.5, 0.6) is 5.75 Å². The predicted octanol–water partition coefficient (Wildman–Crippen LogP) is 5.20. The standard InChI is InChI=1S/C29H37N5O3S/c1-19-8-9-22(14-20(19)2)17-30-34-21(3)31-32-28(34)38-18-26(35)23-15-24(29(4,5)6)27(36-7)25(16-23)33-10-12-37-13-11-33/h8-9,14-17H,10-13,18H2,1-7H3/b30-17+. The van der Waals surface area contributed by atoms with E-state index in [1.54, 1.807) is 18.0 Å². The molecule has 38 heavy (non-hydrogen) atoms. The van der Waals surface area contributed by atoms with Crippen molar-refractivity contribution >= 4 is 29.4 Å². The zero-order chi connectivity index (χ0) is 27.4. The molecule has 0 amide bonds. The van der Waals surface area contributed by atoms with E-state index >= 15 is 0 Å². The van der Waals surface area contributed by atoms with Gasteiger partial charge in [-0.05, 0) is 55.0 Å². The van der Waals surface area contributed by atoms with Gasteiger partial charge in [0.2, 0.25) is 5.16 Å². The molecule has 0 atom stereocenters. The number of nitrogens with zero attached hydrogens (tertiary/aromatic N) is 5. The molecule has 202 valence electrons. The molecule has 2 heterocycles. The summed E-state index contributed by atoms with van der Waals surface area (Å²) in [6.45, 7) is 15.2. The van der Waals surface area contributed by atoms with Crippen molar-refractivity contribution in [3.8, 4) is 5.75 Å². The van der Waals surface area contributed by atoms with Crippen molar-refractivity contribution in [1.29, 1.82) is 0 Å². The SMILES string of the molecule is COc1c(N2CCOCC2)cc(C(=O)CSc2nnc(C)n2/N=C/c2ccc(C)c(C)c2)cc1C(C)(C)C. The van der Waals surface area contributed by atoms with Crippen LogP contribution in [0.3, 0.4) is 0 Å². The van der Waals surface area contributed by atoms with Gasteiger partial charge in [0.25, 0.3) is 0 Å². The maximum absolute atomic E-state index is 13.5. The molecule has 0 radical (unpaired) electrons. The molecule has 1 aliphatic rings. The van der Waals surface area contributed by atoms with Crippen molar-refractivity contribution < 1.29 is 14.3 Å². The van der Waals surface area contributed by atoms with Crippen LogP contribution in [0.15, 0.2) is 40.6 Å². The number of hydrogen-bond donors (Lipinski definition) is 0. The number of aryl methyl sites for hydroxylation is 3. The van der Waals surface area contributed by atoms with E-state index in [1.807, 2.05) is 25.1 Å². The highest BCUT2D eigenvalue weighted by molar-refractivity contribution is 7.99. The number of aromatic nitrogens is 3. The summed E-state index contributed by atoms with van der Waals surface area (Å²) in [5.74, 6) is 1.72. The highest BCUT2D eigenvalue weighted by Gasteiger charge is 2.27. The molecule has 1 fully saturated rings. The number of carbonyl (C=O) groups excluding carboxylic acids is 1. The number of Topliss-reactive ketones (excluding diaryl/α,β-unsaturated/α-hetero) is 1. The lowest BCUT2D eigenvalue weighted by Crippen LogP contribution is -2.37. The van der Waals surface area contributed by atoms with Crippen molar-refractivity contribution in [1.82, 2.24) is 14.9 Å². The molecule has 1 aromatic heterocycles. The summed E-state index contributed by atoms with van der Waals surface area (Å²) >= 11 is 1.34. The number of anilines is 1. The third-order valence-corrected chi connectivity index (χ3v) is 7.63. The first-order chi connectivity index (χ1) is 18.1. The Bertz CT molecular complexity index is 1340. The van der Waals surface area contributed by atoms with Crippen LogP contribution in [0.25, 0.3) is 0 Å². The minimum atomic E-state index is -0.198. The summed E-state index contributed by atoms with van der Waals surface area (Å²) < 4.78 is 13.1. The Morgan fingerprint density at radius 2 is 1.84 bits per heavy atom. The molecule has 9 heteroatoms. The van der Waals surface area contributed by atoms with Crippen LogP contribution in [0, 0.1) is 20.8 Å². The Hall–Kier alpha value is -3.17. The molecule has 0 spiro atoms. The van der Waals surface area contributed by atoms with Crippen LogP contribution in [0.1, 0.15) is 59.2 Å². The molecule has 8 nitrogen and oxygen atoms in total. The van der Waals surface area contributed by atoms with Gasteiger partial charge in [-0.15, -0.1) is 10.2 Å². The van der Waals surface area contributed by atoms with Gasteiger partial charge in [0, 0.05) is 24.2 Å². The molecular formula is C29H37N5O3S. The second kappa shape index (κ2) is 11.7. The molecule has 0 saturated carbocycles. The zero-order valence-corrected chi connectivity index (χ0v) is 24.2. The monoisotopic (exact) mass is 535 g/mol. The molecular weight excluding hydrogens is 498 g/mol. The number of hydrogen-bond acceptors (Lipinski definition) is 8. The third kappa shape index (κ3) is 6.27. The van der Waals surface area contributed by atoms with E-state index in [1.165, 1.54) is 22.9 Å². The zero-order valence-electron chi connectivity index (χ0n) is 23.4. The Morgan fingerprint density at radius 1 is 1.11 bits per heavy atom. The Balaban J connectivity index is 1.58. The molecule has 0 aliphatic carbocycles. The first kappa shape index (κ1) is 27.9. The molecule has 4 rings (SSSR count). The number of rotatable bonds is 8. The molecule has 2 aromatic carbocycles. The van der Waals surface area contributed by atoms with E-state index in [0.717, 1.165) is 35.7 Å². The molecule has 1 aliphatic heterocycles. The molecule has 3 aromatic rings.